The lowest BCUT2D eigenvalue weighted by atomic mass is 10.0. The molecule has 6 heteroatoms. The minimum absolute atomic E-state index is 0.205. The third-order valence-electron chi connectivity index (χ3n) is 3.38. The Labute approximate surface area is 136 Å². The maximum atomic E-state index is 4.54. The molecular formula is C14H18Br2N4. The molecule has 0 fully saturated rings. The zero-order chi connectivity index (χ0) is 14.7. The van der Waals surface area contributed by atoms with Gasteiger partial charge in [-0.1, -0.05) is 6.92 Å². The molecule has 0 saturated carbocycles. The number of nitrogens with zero attached hydrogens (tertiary/aromatic N) is 3. The van der Waals surface area contributed by atoms with Crippen molar-refractivity contribution in [3.63, 3.8) is 0 Å². The van der Waals surface area contributed by atoms with Crippen LogP contribution in [0.5, 0.6) is 0 Å². The lowest BCUT2D eigenvalue weighted by molar-refractivity contribution is 0.558. The number of aryl methyl sites for hydroxylation is 2. The Morgan fingerprint density at radius 2 is 2.10 bits per heavy atom. The van der Waals surface area contributed by atoms with Gasteiger partial charge in [-0.25, -0.2) is 0 Å². The maximum Gasteiger partial charge on any atom is 0.0766 e. The maximum absolute atomic E-state index is 4.54. The molecule has 4 nitrogen and oxygen atoms in total. The van der Waals surface area contributed by atoms with Crippen LogP contribution in [0, 0.1) is 0 Å². The van der Waals surface area contributed by atoms with E-state index in [1.807, 2.05) is 25.0 Å². The molecule has 0 spiro atoms. The van der Waals surface area contributed by atoms with Crippen LogP contribution in [0.25, 0.3) is 0 Å². The van der Waals surface area contributed by atoms with Crippen LogP contribution in [0.4, 0.5) is 0 Å². The Bertz CT molecular complexity index is 595. The molecule has 1 atom stereocenters. The first-order chi connectivity index (χ1) is 9.56. The van der Waals surface area contributed by atoms with Crippen molar-refractivity contribution in [2.75, 3.05) is 7.05 Å². The quantitative estimate of drug-likeness (QED) is 0.834. The summed E-state index contributed by atoms with van der Waals surface area (Å²) in [5.74, 6) is 0. The van der Waals surface area contributed by atoms with E-state index in [0.29, 0.717) is 0 Å². The highest BCUT2D eigenvalue weighted by Gasteiger charge is 2.18. The largest absolute Gasteiger partial charge is 0.313 e. The molecule has 0 saturated heterocycles. The van der Waals surface area contributed by atoms with Gasteiger partial charge in [0.2, 0.25) is 0 Å². The molecule has 2 aromatic heterocycles. The van der Waals surface area contributed by atoms with E-state index in [2.05, 4.69) is 60.2 Å². The van der Waals surface area contributed by atoms with E-state index < -0.39 is 0 Å². The molecule has 0 aliphatic carbocycles. The number of halogens is 2. The number of likely N-dealkylation sites (N-methyl/N-ethyl adjacent to an activating group) is 1. The van der Waals surface area contributed by atoms with Gasteiger partial charge >= 0.3 is 0 Å². The molecule has 0 amide bonds. The standard InChI is InChI=1S/C14H18Br2N4/c1-4-11-14(16)13(20(3)19-11)6-12(17-2)9-5-10(15)8-18-7-9/h5,7-8,12,17H,4,6H2,1-3H3. The van der Waals surface area contributed by atoms with Gasteiger partial charge in [0.05, 0.1) is 15.9 Å². The summed E-state index contributed by atoms with van der Waals surface area (Å²) in [5.41, 5.74) is 3.46. The van der Waals surface area contributed by atoms with Crippen LogP contribution in [-0.2, 0) is 19.9 Å². The van der Waals surface area contributed by atoms with Crippen molar-refractivity contribution < 1.29 is 0 Å². The fraction of sp³-hybridized carbons (Fsp3) is 0.429. The predicted octanol–water partition coefficient (Wildman–Crippen LogP) is 3.41. The van der Waals surface area contributed by atoms with Crippen molar-refractivity contribution >= 4 is 31.9 Å². The second-order valence-electron chi connectivity index (χ2n) is 4.67. The number of pyridine rings is 1. The average molecular weight is 402 g/mol. The molecule has 2 heterocycles. The highest BCUT2D eigenvalue weighted by Crippen LogP contribution is 2.27. The van der Waals surface area contributed by atoms with Crippen LogP contribution in [0.15, 0.2) is 27.4 Å². The van der Waals surface area contributed by atoms with Crippen molar-refractivity contribution in [3.8, 4) is 0 Å². The highest BCUT2D eigenvalue weighted by atomic mass is 79.9. The molecule has 0 aromatic carbocycles. The number of rotatable bonds is 5. The summed E-state index contributed by atoms with van der Waals surface area (Å²) < 4.78 is 4.07. The molecule has 2 rings (SSSR count). The number of nitrogens with one attached hydrogen (secondary N) is 1. The molecule has 108 valence electrons. The van der Waals surface area contributed by atoms with E-state index in [-0.39, 0.29) is 6.04 Å². The molecule has 2 aromatic rings. The van der Waals surface area contributed by atoms with E-state index in [1.54, 1.807) is 6.20 Å². The van der Waals surface area contributed by atoms with Crippen molar-refractivity contribution in [2.45, 2.75) is 25.8 Å². The molecular weight excluding hydrogens is 384 g/mol. The van der Waals surface area contributed by atoms with E-state index in [0.717, 1.165) is 33.0 Å². The van der Waals surface area contributed by atoms with Crippen LogP contribution in [0.3, 0.4) is 0 Å². The van der Waals surface area contributed by atoms with Gasteiger partial charge < -0.3 is 5.32 Å². The van der Waals surface area contributed by atoms with Crippen LogP contribution < -0.4 is 5.32 Å². The molecule has 1 N–H and O–H groups in total. The first-order valence-electron chi connectivity index (χ1n) is 6.54. The zero-order valence-corrected chi connectivity index (χ0v) is 15.0. The van der Waals surface area contributed by atoms with E-state index in [4.69, 9.17) is 0 Å². The van der Waals surface area contributed by atoms with Gasteiger partial charge in [-0.2, -0.15) is 5.10 Å². The number of hydrogen-bond donors (Lipinski definition) is 1. The lowest BCUT2D eigenvalue weighted by Gasteiger charge is -2.17. The van der Waals surface area contributed by atoms with E-state index in [1.165, 1.54) is 5.69 Å². The first-order valence-corrected chi connectivity index (χ1v) is 8.13. The summed E-state index contributed by atoms with van der Waals surface area (Å²) in [4.78, 5) is 4.24. The monoisotopic (exact) mass is 400 g/mol. The Hall–Kier alpha value is -0.720. The van der Waals surface area contributed by atoms with Crippen LogP contribution in [-0.4, -0.2) is 21.8 Å². The summed E-state index contributed by atoms with van der Waals surface area (Å²) in [6.07, 6.45) is 5.48. The smallest absolute Gasteiger partial charge is 0.0766 e. The Morgan fingerprint density at radius 1 is 1.35 bits per heavy atom. The highest BCUT2D eigenvalue weighted by molar-refractivity contribution is 9.10. The first kappa shape index (κ1) is 15.7. The third-order valence-corrected chi connectivity index (χ3v) is 4.73. The molecule has 0 aliphatic rings. The van der Waals surface area contributed by atoms with Gasteiger partial charge in [0.15, 0.2) is 0 Å². The minimum Gasteiger partial charge on any atom is -0.313 e. The Kier molecular flexibility index (Phi) is 5.35. The molecule has 0 radical (unpaired) electrons. The number of aromatic nitrogens is 3. The number of hydrogen-bond acceptors (Lipinski definition) is 3. The topological polar surface area (TPSA) is 42.7 Å². The normalized spacial score (nSPS) is 12.7. The molecule has 0 aliphatic heterocycles. The van der Waals surface area contributed by atoms with Crippen molar-refractivity contribution in [2.24, 2.45) is 7.05 Å². The second-order valence-corrected chi connectivity index (χ2v) is 6.38. The van der Waals surface area contributed by atoms with E-state index in [9.17, 15) is 0 Å². The zero-order valence-electron chi connectivity index (χ0n) is 11.8. The van der Waals surface area contributed by atoms with Gasteiger partial charge in [0.1, 0.15) is 0 Å². The van der Waals surface area contributed by atoms with Crippen LogP contribution in [0.2, 0.25) is 0 Å². The summed E-state index contributed by atoms with van der Waals surface area (Å²) in [7, 11) is 3.96. The fourth-order valence-corrected chi connectivity index (χ4v) is 3.40. The van der Waals surface area contributed by atoms with Gasteiger partial charge in [-0.05, 0) is 57.0 Å². The summed E-state index contributed by atoms with van der Waals surface area (Å²) >= 11 is 7.14. The summed E-state index contributed by atoms with van der Waals surface area (Å²) in [6, 6.07) is 2.30. The Balaban J connectivity index is 2.29. The SMILES string of the molecule is CCc1nn(C)c(CC(NC)c2cncc(Br)c2)c1Br. The second kappa shape index (κ2) is 6.83. The van der Waals surface area contributed by atoms with Gasteiger partial charge in [0, 0.05) is 36.4 Å². The average Bonchev–Trinajstić information content (AvgIpc) is 2.71. The van der Waals surface area contributed by atoms with Gasteiger partial charge in [0.25, 0.3) is 0 Å². The minimum atomic E-state index is 0.205. The third kappa shape index (κ3) is 3.30. The van der Waals surface area contributed by atoms with Crippen LogP contribution in [0.1, 0.15) is 29.9 Å². The van der Waals surface area contributed by atoms with Crippen LogP contribution >= 0.6 is 31.9 Å². The summed E-state index contributed by atoms with van der Waals surface area (Å²) in [5, 5.41) is 7.90. The lowest BCUT2D eigenvalue weighted by Crippen LogP contribution is -2.20. The summed E-state index contributed by atoms with van der Waals surface area (Å²) in [6.45, 7) is 2.12. The van der Waals surface area contributed by atoms with E-state index >= 15 is 0 Å². The van der Waals surface area contributed by atoms with Crippen molar-refractivity contribution in [1.29, 1.82) is 0 Å². The molecule has 0 bridgehead atoms. The molecule has 1 unspecified atom stereocenters. The van der Waals surface area contributed by atoms with Gasteiger partial charge in [-0.3, -0.25) is 9.67 Å². The van der Waals surface area contributed by atoms with Crippen molar-refractivity contribution in [3.05, 3.63) is 44.4 Å². The van der Waals surface area contributed by atoms with Crippen molar-refractivity contribution in [1.82, 2.24) is 20.1 Å². The Morgan fingerprint density at radius 3 is 2.65 bits per heavy atom. The fourth-order valence-electron chi connectivity index (χ4n) is 2.24. The predicted molar refractivity (Wildman–Crippen MR) is 87.7 cm³/mol. The van der Waals surface area contributed by atoms with Gasteiger partial charge in [-0.15, -0.1) is 0 Å². The molecule has 20 heavy (non-hydrogen) atoms.